The molecule has 2 aromatic rings. The van der Waals surface area contributed by atoms with Crippen LogP contribution < -0.4 is 14.8 Å². The summed E-state index contributed by atoms with van der Waals surface area (Å²) in [7, 11) is 1.61. The van der Waals surface area contributed by atoms with E-state index >= 15 is 0 Å². The third kappa shape index (κ3) is 3.92. The Morgan fingerprint density at radius 3 is 2.72 bits per heavy atom. The van der Waals surface area contributed by atoms with Crippen LogP contribution in [0.2, 0.25) is 0 Å². The molecule has 2 aliphatic rings. The van der Waals surface area contributed by atoms with Gasteiger partial charge >= 0.3 is 0 Å². The summed E-state index contributed by atoms with van der Waals surface area (Å²) >= 11 is 0. The number of amides is 2. The van der Waals surface area contributed by atoms with Gasteiger partial charge in [-0.2, -0.15) is 0 Å². The number of nitrogens with zero attached hydrogens (tertiary/aromatic N) is 1. The first-order valence-corrected chi connectivity index (χ1v) is 10.1. The van der Waals surface area contributed by atoms with E-state index in [0.717, 1.165) is 37.1 Å². The molecule has 0 radical (unpaired) electrons. The van der Waals surface area contributed by atoms with E-state index in [9.17, 15) is 9.59 Å². The highest BCUT2D eigenvalue weighted by Gasteiger charge is 2.28. The largest absolute Gasteiger partial charge is 0.493 e. The molecule has 152 valence electrons. The Morgan fingerprint density at radius 1 is 1.17 bits per heavy atom. The number of aryl methyl sites for hydroxylation is 1. The highest BCUT2D eigenvalue weighted by molar-refractivity contribution is 5.98. The summed E-state index contributed by atoms with van der Waals surface area (Å²) in [6.07, 6.45) is 2.69. The molecule has 1 fully saturated rings. The summed E-state index contributed by atoms with van der Waals surface area (Å²) in [4.78, 5) is 27.5. The fourth-order valence-electron chi connectivity index (χ4n) is 3.95. The molecule has 29 heavy (non-hydrogen) atoms. The fourth-order valence-corrected chi connectivity index (χ4v) is 3.95. The van der Waals surface area contributed by atoms with Crippen molar-refractivity contribution in [1.82, 2.24) is 4.90 Å². The summed E-state index contributed by atoms with van der Waals surface area (Å²) in [5.41, 5.74) is 3.18. The summed E-state index contributed by atoms with van der Waals surface area (Å²) in [6.45, 7) is 3.83. The maximum atomic E-state index is 12.9. The Hall–Kier alpha value is -3.02. The maximum Gasteiger partial charge on any atom is 0.253 e. The molecule has 0 spiro atoms. The van der Waals surface area contributed by atoms with Crippen LogP contribution in [0.15, 0.2) is 36.4 Å². The monoisotopic (exact) mass is 394 g/mol. The molecule has 2 aliphatic heterocycles. The first-order valence-electron chi connectivity index (χ1n) is 10.1. The molecule has 2 amide bonds. The number of hydrogen-bond acceptors (Lipinski definition) is 4. The van der Waals surface area contributed by atoms with Crippen molar-refractivity contribution in [2.24, 2.45) is 5.92 Å². The first kappa shape index (κ1) is 19.3. The van der Waals surface area contributed by atoms with Crippen molar-refractivity contribution in [3.05, 3.63) is 53.1 Å². The normalized spacial score (nSPS) is 18.0. The van der Waals surface area contributed by atoms with Gasteiger partial charge < -0.3 is 19.7 Å². The number of rotatable bonds is 4. The molecule has 0 aliphatic carbocycles. The fraction of sp³-hybridized carbons (Fsp3) is 0.391. The topological polar surface area (TPSA) is 67.9 Å². The molecule has 0 aromatic heterocycles. The zero-order chi connectivity index (χ0) is 20.4. The predicted molar refractivity (Wildman–Crippen MR) is 111 cm³/mol. The standard InChI is InChI=1S/C23H26N2O4/c1-15-8-9-17(23(27)25-10-3-4-11-25)13-19(15)24-22(26)18-12-16-6-5-7-20(28-2)21(16)29-14-18/h5-9,13,18H,3-4,10-12,14H2,1-2H3,(H,24,26). The first-order chi connectivity index (χ1) is 14.1. The van der Waals surface area contributed by atoms with E-state index < -0.39 is 0 Å². The smallest absolute Gasteiger partial charge is 0.253 e. The predicted octanol–water partition coefficient (Wildman–Crippen LogP) is 3.43. The number of carbonyl (C=O) groups excluding carboxylic acids is 2. The molecular formula is C23H26N2O4. The van der Waals surface area contributed by atoms with Crippen molar-refractivity contribution in [3.63, 3.8) is 0 Å². The van der Waals surface area contributed by atoms with E-state index in [4.69, 9.17) is 9.47 Å². The zero-order valence-electron chi connectivity index (χ0n) is 16.9. The lowest BCUT2D eigenvalue weighted by Gasteiger charge is -2.26. The summed E-state index contributed by atoms with van der Waals surface area (Å²) < 4.78 is 11.2. The molecule has 2 aromatic carbocycles. The van der Waals surface area contributed by atoms with Crippen LogP contribution in [-0.2, 0) is 11.2 Å². The third-order valence-electron chi connectivity index (χ3n) is 5.68. The second-order valence-electron chi connectivity index (χ2n) is 7.68. The summed E-state index contributed by atoms with van der Waals surface area (Å²) in [6, 6.07) is 11.2. The number of carbonyl (C=O) groups is 2. The molecular weight excluding hydrogens is 368 g/mol. The Bertz CT molecular complexity index is 934. The SMILES string of the molecule is COc1cccc2c1OCC(C(=O)Nc1cc(C(=O)N3CCCC3)ccc1C)C2. The van der Waals surface area contributed by atoms with E-state index in [-0.39, 0.29) is 17.7 Å². The van der Waals surface area contributed by atoms with Crippen molar-refractivity contribution >= 4 is 17.5 Å². The van der Waals surface area contributed by atoms with Gasteiger partial charge in [-0.25, -0.2) is 0 Å². The molecule has 6 nitrogen and oxygen atoms in total. The van der Waals surface area contributed by atoms with Crippen molar-refractivity contribution in [2.75, 3.05) is 32.1 Å². The zero-order valence-corrected chi connectivity index (χ0v) is 16.9. The second-order valence-corrected chi connectivity index (χ2v) is 7.68. The molecule has 0 saturated carbocycles. The van der Waals surface area contributed by atoms with Crippen LogP contribution in [0, 0.1) is 12.8 Å². The number of para-hydroxylation sites is 1. The molecule has 6 heteroatoms. The van der Waals surface area contributed by atoms with Gasteiger partial charge in [-0.15, -0.1) is 0 Å². The van der Waals surface area contributed by atoms with Gasteiger partial charge in [0, 0.05) is 24.3 Å². The van der Waals surface area contributed by atoms with Crippen LogP contribution in [0.4, 0.5) is 5.69 Å². The number of anilines is 1. The van der Waals surface area contributed by atoms with Crippen molar-refractivity contribution in [3.8, 4) is 11.5 Å². The minimum absolute atomic E-state index is 0.0278. The minimum Gasteiger partial charge on any atom is -0.493 e. The number of hydrogen-bond donors (Lipinski definition) is 1. The van der Waals surface area contributed by atoms with Gasteiger partial charge in [-0.1, -0.05) is 18.2 Å². The number of methoxy groups -OCH3 is 1. The molecule has 0 bridgehead atoms. The molecule has 1 unspecified atom stereocenters. The average Bonchev–Trinajstić information content (AvgIpc) is 3.28. The average molecular weight is 394 g/mol. The maximum absolute atomic E-state index is 12.9. The molecule has 1 saturated heterocycles. The van der Waals surface area contributed by atoms with E-state index in [1.807, 2.05) is 42.2 Å². The second kappa shape index (κ2) is 8.15. The number of fused-ring (bicyclic) bond motifs is 1. The van der Waals surface area contributed by atoms with Crippen molar-refractivity contribution in [1.29, 1.82) is 0 Å². The van der Waals surface area contributed by atoms with Crippen LogP contribution in [0.1, 0.15) is 34.3 Å². The Balaban J connectivity index is 1.48. The van der Waals surface area contributed by atoms with Gasteiger partial charge in [0.05, 0.1) is 13.0 Å². The number of benzene rings is 2. The van der Waals surface area contributed by atoms with E-state index in [1.165, 1.54) is 0 Å². The number of nitrogens with one attached hydrogen (secondary N) is 1. The van der Waals surface area contributed by atoms with Crippen LogP contribution in [-0.4, -0.2) is 43.5 Å². The van der Waals surface area contributed by atoms with E-state index in [0.29, 0.717) is 35.8 Å². The van der Waals surface area contributed by atoms with Gasteiger partial charge in [0.15, 0.2) is 11.5 Å². The molecule has 1 N–H and O–H groups in total. The minimum atomic E-state index is -0.299. The van der Waals surface area contributed by atoms with Crippen LogP contribution in [0.3, 0.4) is 0 Å². The Labute approximate surface area is 170 Å². The van der Waals surface area contributed by atoms with Crippen molar-refractivity contribution in [2.45, 2.75) is 26.2 Å². The number of likely N-dealkylation sites (tertiary alicyclic amines) is 1. The Kier molecular flexibility index (Phi) is 5.43. The van der Waals surface area contributed by atoms with Gasteiger partial charge in [0.25, 0.3) is 5.91 Å². The lowest BCUT2D eigenvalue weighted by Crippen LogP contribution is -2.33. The molecule has 2 heterocycles. The van der Waals surface area contributed by atoms with Gasteiger partial charge in [0.2, 0.25) is 5.91 Å². The van der Waals surface area contributed by atoms with Crippen LogP contribution >= 0.6 is 0 Å². The van der Waals surface area contributed by atoms with Crippen LogP contribution in [0.25, 0.3) is 0 Å². The number of ether oxygens (including phenoxy) is 2. The lowest BCUT2D eigenvalue weighted by atomic mass is 9.95. The lowest BCUT2D eigenvalue weighted by molar-refractivity contribution is -0.121. The van der Waals surface area contributed by atoms with E-state index in [2.05, 4.69) is 5.32 Å². The van der Waals surface area contributed by atoms with Gasteiger partial charge in [-0.3, -0.25) is 9.59 Å². The summed E-state index contributed by atoms with van der Waals surface area (Å²) in [5.74, 6) is 1.03. The molecule has 4 rings (SSSR count). The van der Waals surface area contributed by atoms with E-state index in [1.54, 1.807) is 13.2 Å². The quantitative estimate of drug-likeness (QED) is 0.863. The Morgan fingerprint density at radius 2 is 1.97 bits per heavy atom. The van der Waals surface area contributed by atoms with Gasteiger partial charge in [-0.05, 0) is 55.5 Å². The van der Waals surface area contributed by atoms with Gasteiger partial charge in [0.1, 0.15) is 6.61 Å². The summed E-state index contributed by atoms with van der Waals surface area (Å²) in [5, 5.41) is 3.00. The highest BCUT2D eigenvalue weighted by atomic mass is 16.5. The molecule has 1 atom stereocenters. The third-order valence-corrected chi connectivity index (χ3v) is 5.68. The van der Waals surface area contributed by atoms with Crippen molar-refractivity contribution < 1.29 is 19.1 Å². The van der Waals surface area contributed by atoms with Crippen LogP contribution in [0.5, 0.6) is 11.5 Å². The highest BCUT2D eigenvalue weighted by Crippen LogP contribution is 2.36.